The summed E-state index contributed by atoms with van der Waals surface area (Å²) in [5.41, 5.74) is 11.4. The zero-order chi connectivity index (χ0) is 101. The monoisotopic (exact) mass is 2070 g/mol. The number of amides is 3. The van der Waals surface area contributed by atoms with Crippen molar-refractivity contribution in [2.45, 2.75) is 213 Å². The van der Waals surface area contributed by atoms with Crippen molar-refractivity contribution in [3.05, 3.63) is 136 Å². The van der Waals surface area contributed by atoms with Crippen LogP contribution in [0, 0.1) is 24.2 Å². The number of halogens is 2. The molecule has 0 saturated heterocycles. The molecule has 5 unspecified atom stereocenters. The third-order valence-electron chi connectivity index (χ3n) is 22.1. The predicted molar refractivity (Wildman–Crippen MR) is 544 cm³/mol. The van der Waals surface area contributed by atoms with E-state index in [1.807, 2.05) is 102 Å². The van der Waals surface area contributed by atoms with Crippen molar-refractivity contribution in [1.82, 2.24) is 52.5 Å². The van der Waals surface area contributed by atoms with Gasteiger partial charge in [0.25, 0.3) is 0 Å². The van der Waals surface area contributed by atoms with Crippen LogP contribution in [-0.2, 0) is 131 Å². The van der Waals surface area contributed by atoms with Crippen LogP contribution in [0.2, 0.25) is 0 Å². The van der Waals surface area contributed by atoms with Gasteiger partial charge in [0, 0.05) is 97.7 Å². The number of aryl methyl sites for hydroxylation is 6. The Hall–Kier alpha value is -10.9. The van der Waals surface area contributed by atoms with E-state index in [1.165, 1.54) is 18.3 Å². The van der Waals surface area contributed by atoms with E-state index in [0.717, 1.165) is 68.0 Å². The van der Waals surface area contributed by atoms with Gasteiger partial charge >= 0.3 is 41.0 Å². The largest absolute Gasteiger partial charge is 0.444 e. The molecule has 12 rings (SSSR count). The first-order valence-corrected chi connectivity index (χ1v) is 47.2. The maximum Gasteiger partial charge on any atom is 0.407 e. The van der Waals surface area contributed by atoms with Gasteiger partial charge in [-0.15, -0.1) is 18.8 Å². The first-order chi connectivity index (χ1) is 65.7. The molecule has 38 nitrogen and oxygen atoms in total. The highest BCUT2D eigenvalue weighted by molar-refractivity contribution is 9.10. The SMILES string of the molecule is C.C#CCOCCOCCNC(=O)OC(C)(C)C.Cl.Cn1c(=O)n(C2CCC(=O)CC2=O)c2cccc(Br)c21.Cn1c(=O)n(C2CCC(=O)CC2=O)c2cccc(C#CCOCCOCCNC(=O)OC(C)(C)C)c21.Cn1c(=O)n(C2CCC(=O)CC2=O)c2cccc(CCCOCCOCCN)c21.Cn1c(=O)n(C2CCC(=O)CC2=O)c2cccc(CCCOCCOCCNC(=O)OC(C)(C)C)c21.P. The van der Waals surface area contributed by atoms with Gasteiger partial charge in [-0.1, -0.05) is 61.6 Å². The van der Waals surface area contributed by atoms with Crippen LogP contribution in [0.5, 0.6) is 0 Å². The zero-order valence-electron chi connectivity index (χ0n) is 82.5. The summed E-state index contributed by atoms with van der Waals surface area (Å²) in [6, 6.07) is 20.1. The fourth-order valence-corrected chi connectivity index (χ4v) is 16.6. The number of hydrogen-bond acceptors (Lipinski definition) is 27. The number of carbonyl (C=O) groups excluding carboxylic acids is 11. The molecule has 4 saturated carbocycles. The van der Waals surface area contributed by atoms with Gasteiger partial charge in [0.15, 0.2) is 23.1 Å². The van der Waals surface area contributed by atoms with Gasteiger partial charge in [0.1, 0.15) is 53.1 Å². The normalized spacial score (nSPS) is 16.0. The highest BCUT2D eigenvalue weighted by atomic mass is 79.9. The lowest BCUT2D eigenvalue weighted by Crippen LogP contribution is -2.34. The number of benzene rings is 4. The molecule has 4 fully saturated rings. The van der Waals surface area contributed by atoms with Gasteiger partial charge in [-0.25, -0.2) is 33.6 Å². The number of ketones is 8. The number of nitrogens with two attached hydrogens (primary N) is 1. The fourth-order valence-electron chi connectivity index (χ4n) is 16.0. The lowest BCUT2D eigenvalue weighted by atomic mass is 9.92. The molecule has 0 bridgehead atoms. The molecule has 8 aromatic rings. The summed E-state index contributed by atoms with van der Waals surface area (Å²) >= 11 is 3.43. The molecule has 0 aliphatic heterocycles. The minimum Gasteiger partial charge on any atom is -0.444 e. The number of ether oxygens (including phenoxy) is 11. The smallest absolute Gasteiger partial charge is 0.407 e. The molecular weight excluding hydrogens is 1930 g/mol. The number of para-hydroxylation sites is 4. The number of aromatic nitrogens is 8. The van der Waals surface area contributed by atoms with Crippen LogP contribution in [0.25, 0.3) is 44.1 Å². The Kier molecular flexibility index (Phi) is 50.7. The maximum absolute atomic E-state index is 13.0. The third-order valence-corrected chi connectivity index (χ3v) is 22.7. The number of hydrogen-bond donors (Lipinski definition) is 4. The topological polar surface area (TPSA) is 459 Å². The summed E-state index contributed by atoms with van der Waals surface area (Å²) in [5, 5.41) is 7.82. The number of imidazole rings is 4. The van der Waals surface area contributed by atoms with E-state index in [-0.39, 0.29) is 131 Å². The summed E-state index contributed by atoms with van der Waals surface area (Å²) in [7, 11) is 6.78. The Morgan fingerprint density at radius 2 is 0.681 bits per heavy atom. The van der Waals surface area contributed by atoms with Gasteiger partial charge in [-0.3, -0.25) is 74.9 Å². The van der Waals surface area contributed by atoms with Crippen LogP contribution >= 0.6 is 38.2 Å². The summed E-state index contributed by atoms with van der Waals surface area (Å²) < 4.78 is 71.5. The number of Topliss-reactive ketones (excluding diaryl/α,β-unsaturated/α-hetero) is 8. The van der Waals surface area contributed by atoms with Gasteiger partial charge in [-0.2, -0.15) is 9.90 Å². The van der Waals surface area contributed by atoms with Crippen molar-refractivity contribution in [3.63, 3.8) is 0 Å². The average Bonchev–Trinajstić information content (AvgIpc) is 1.62. The van der Waals surface area contributed by atoms with Crippen molar-refractivity contribution >= 4 is 147 Å². The molecule has 141 heavy (non-hydrogen) atoms. The minimum atomic E-state index is -0.634. The molecule has 0 radical (unpaired) electrons. The summed E-state index contributed by atoms with van der Waals surface area (Å²) in [5.74, 6) is 7.34. The predicted octanol–water partition coefficient (Wildman–Crippen LogP) is 10.2. The molecular formula is C100H141BrClN12O26P. The molecule has 5 atom stereocenters. The first kappa shape index (κ1) is 121. The van der Waals surface area contributed by atoms with Crippen molar-refractivity contribution in [3.8, 4) is 24.2 Å². The number of fused-ring (bicyclic) bond motifs is 4. The lowest BCUT2D eigenvalue weighted by Gasteiger charge is -2.21. The molecule has 4 heterocycles. The number of carbonyl (C=O) groups is 11. The lowest BCUT2D eigenvalue weighted by molar-refractivity contribution is -0.133. The summed E-state index contributed by atoms with van der Waals surface area (Å²) in [6.45, 7) is 24.6. The van der Waals surface area contributed by atoms with Gasteiger partial charge < -0.3 is 73.8 Å². The van der Waals surface area contributed by atoms with E-state index in [4.69, 9.17) is 64.3 Å². The number of nitrogens with zero attached hydrogens (tertiary/aromatic N) is 8. The van der Waals surface area contributed by atoms with Crippen molar-refractivity contribution in [1.29, 1.82) is 0 Å². The molecule has 41 heteroatoms. The number of rotatable bonds is 37. The van der Waals surface area contributed by atoms with Crippen LogP contribution in [-0.4, -0.2) is 250 Å². The molecule has 4 aliphatic rings. The van der Waals surface area contributed by atoms with E-state index in [1.54, 1.807) is 79.4 Å². The van der Waals surface area contributed by atoms with Crippen LogP contribution in [0.4, 0.5) is 14.4 Å². The average molecular weight is 2070 g/mol. The van der Waals surface area contributed by atoms with Gasteiger partial charge in [0.05, 0.1) is 179 Å². The van der Waals surface area contributed by atoms with E-state index in [9.17, 15) is 71.9 Å². The van der Waals surface area contributed by atoms with Crippen molar-refractivity contribution in [2.24, 2.45) is 33.9 Å². The van der Waals surface area contributed by atoms with Crippen molar-refractivity contribution < 1.29 is 105 Å². The second-order valence-corrected chi connectivity index (χ2v) is 37.1. The van der Waals surface area contributed by atoms with Gasteiger partial charge in [0.2, 0.25) is 0 Å². The highest BCUT2D eigenvalue weighted by Gasteiger charge is 2.37. The van der Waals surface area contributed by atoms with E-state index in [2.05, 4.69) is 49.6 Å². The quantitative estimate of drug-likeness (QED) is 0.00924. The minimum absolute atomic E-state index is 0. The van der Waals surface area contributed by atoms with E-state index in [0.29, 0.717) is 200 Å². The highest BCUT2D eigenvalue weighted by Crippen LogP contribution is 2.34. The van der Waals surface area contributed by atoms with E-state index >= 15 is 0 Å². The van der Waals surface area contributed by atoms with Crippen LogP contribution in [0.1, 0.15) is 200 Å². The van der Waals surface area contributed by atoms with Gasteiger partial charge in [-0.05, 0) is 177 Å². The third kappa shape index (κ3) is 36.8. The Balaban J connectivity index is 0.000000317. The van der Waals surface area contributed by atoms with Crippen molar-refractivity contribution in [2.75, 3.05) is 132 Å². The Morgan fingerprint density at radius 3 is 1.01 bits per heavy atom. The molecule has 776 valence electrons. The first-order valence-electron chi connectivity index (χ1n) is 46.4. The summed E-state index contributed by atoms with van der Waals surface area (Å²) in [6.07, 6.45) is 9.07. The molecule has 0 spiro atoms. The molecule has 4 aliphatic carbocycles. The standard InChI is InChI=1S/C26H37N3O7.C26H33N3O7.C21H29N3O5.C14H13BrN2O3.C12H21NO4.CH4.ClH.H3P/c2*1-26(2,3)36-24(32)27-12-14-35-16-15-34-13-6-8-18-7-5-9-21-23(18)28(4)25(33)29(21)20-11-10-19(30)17-22(20)31;1-23-20-15(5-3-10-28-12-13-29-11-9-22)4-2-6-18(20)24(21(23)27)17-8-7-16(25)14-19(17)26;1-16-13-9(15)3-2-4-11(13)17(14(16)20)10-6-5-8(18)7-12(10)19;1-5-7-15-9-10-16-8-6-13-11(14)17-12(2,3)4;;;/h5,7,9,20H,6,8,10-17H2,1-4H3,(H,27,32);5,7,9,20H,10-17H2,1-4H3,(H,27,32);2,4,6,17H,3,5,7-14,22H2,1H3;2-4,10H,5-7H2,1H3;1H,6-10H2,2-4H3,(H,13,14);1H4;1H;1H3. The molecule has 5 N–H and O–H groups in total. The second-order valence-electron chi connectivity index (χ2n) is 36.2. The number of terminal acetylenes is 1. The molecule has 4 aromatic carbocycles. The Morgan fingerprint density at radius 1 is 0.397 bits per heavy atom. The van der Waals surface area contributed by atoms with Crippen LogP contribution < -0.4 is 44.4 Å². The number of nitrogens with one attached hydrogen (secondary N) is 3. The maximum atomic E-state index is 13.0. The molecule has 4 aromatic heterocycles. The van der Waals surface area contributed by atoms with Crippen LogP contribution in [0.3, 0.4) is 0 Å². The Labute approximate surface area is 838 Å². The summed E-state index contributed by atoms with van der Waals surface area (Å²) in [4.78, 5) is 181. The fraction of sp³-hybridized carbons (Fsp3) is 0.570. The second kappa shape index (κ2) is 59.2. The Bertz CT molecular complexity index is 5960. The van der Waals surface area contributed by atoms with E-state index < -0.39 is 59.3 Å². The zero-order valence-corrected chi connectivity index (χ0v) is 86.4. The number of alkyl carbamates (subject to hydrolysis) is 3. The molecule has 3 amide bonds. The van der Waals surface area contributed by atoms with Crippen LogP contribution in [0.15, 0.2) is 96.4 Å².